The van der Waals surface area contributed by atoms with Gasteiger partial charge in [0.25, 0.3) is 5.91 Å². The Morgan fingerprint density at radius 3 is 2.62 bits per heavy atom. The second-order valence-electron chi connectivity index (χ2n) is 4.91. The molecule has 4 nitrogen and oxygen atoms in total. The van der Waals surface area contributed by atoms with Gasteiger partial charge in [0.15, 0.2) is 0 Å². The number of halogens is 4. The highest BCUT2D eigenvalue weighted by Gasteiger charge is 2.41. The van der Waals surface area contributed by atoms with Crippen LogP contribution in [-0.4, -0.2) is 35.8 Å². The molecule has 3 N–H and O–H groups in total. The molecule has 2 atom stereocenters. The van der Waals surface area contributed by atoms with Gasteiger partial charge < -0.3 is 15.7 Å². The second-order valence-corrected chi connectivity index (χ2v) is 5.83. The summed E-state index contributed by atoms with van der Waals surface area (Å²) in [6.45, 7) is 0.0488. The lowest BCUT2D eigenvalue weighted by Gasteiger charge is -2.31. The molecule has 8 heteroatoms. The number of phenols is 1. The van der Waals surface area contributed by atoms with Crippen LogP contribution in [0.3, 0.4) is 0 Å². The van der Waals surface area contributed by atoms with Gasteiger partial charge in [-0.2, -0.15) is 13.2 Å². The molecule has 1 saturated heterocycles. The monoisotopic (exact) mass is 366 g/mol. The van der Waals surface area contributed by atoms with Crippen LogP contribution >= 0.6 is 15.9 Å². The molecule has 1 aliphatic heterocycles. The molecular weight excluding hydrogens is 353 g/mol. The first kappa shape index (κ1) is 16.1. The summed E-state index contributed by atoms with van der Waals surface area (Å²) in [4.78, 5) is 12.0. The molecule has 21 heavy (non-hydrogen) atoms. The average Bonchev–Trinajstić information content (AvgIpc) is 2.38. The summed E-state index contributed by atoms with van der Waals surface area (Å²) in [5, 5.41) is 14.7. The predicted octanol–water partition coefficient (Wildman–Crippen LogP) is 2.57. The topological polar surface area (TPSA) is 61.4 Å². The molecular formula is C13H14BrF3N2O2. The SMILES string of the molecule is O=C(NC1CCC(C(F)(F)F)NC1)c1ccc(Br)cc1O. The van der Waals surface area contributed by atoms with Gasteiger partial charge in [-0.25, -0.2) is 0 Å². The van der Waals surface area contributed by atoms with E-state index in [1.165, 1.54) is 12.1 Å². The summed E-state index contributed by atoms with van der Waals surface area (Å²) in [6, 6.07) is 2.52. The molecule has 1 aromatic rings. The van der Waals surface area contributed by atoms with Crippen LogP contribution in [0.2, 0.25) is 0 Å². The molecule has 1 aromatic carbocycles. The average molecular weight is 367 g/mol. The van der Waals surface area contributed by atoms with Crippen molar-refractivity contribution in [2.75, 3.05) is 6.54 Å². The highest BCUT2D eigenvalue weighted by Crippen LogP contribution is 2.26. The Labute approximate surface area is 127 Å². The number of carbonyl (C=O) groups is 1. The van der Waals surface area contributed by atoms with Gasteiger partial charge in [0.05, 0.1) is 5.56 Å². The van der Waals surface area contributed by atoms with E-state index in [0.717, 1.165) is 0 Å². The molecule has 0 bridgehead atoms. The van der Waals surface area contributed by atoms with E-state index in [1.807, 2.05) is 0 Å². The van der Waals surface area contributed by atoms with Gasteiger partial charge in [-0.3, -0.25) is 4.79 Å². The fourth-order valence-corrected chi connectivity index (χ4v) is 2.57. The largest absolute Gasteiger partial charge is 0.507 e. The lowest BCUT2D eigenvalue weighted by Crippen LogP contribution is -2.54. The number of alkyl halides is 3. The number of carbonyl (C=O) groups excluding carboxylic acids is 1. The van der Waals surface area contributed by atoms with Gasteiger partial charge in [-0.1, -0.05) is 15.9 Å². The third-order valence-electron chi connectivity index (χ3n) is 3.35. The zero-order chi connectivity index (χ0) is 15.6. The van der Waals surface area contributed by atoms with Gasteiger partial charge in [0.2, 0.25) is 0 Å². The number of rotatable bonds is 2. The lowest BCUT2D eigenvalue weighted by atomic mass is 10.00. The van der Waals surface area contributed by atoms with Crippen LogP contribution in [0.15, 0.2) is 22.7 Å². The quantitative estimate of drug-likeness (QED) is 0.753. The standard InChI is InChI=1S/C13H14BrF3N2O2/c14-7-1-3-9(10(20)5-7)12(21)19-8-2-4-11(18-6-8)13(15,16)17/h1,3,5,8,11,18,20H,2,4,6H2,(H,19,21). The van der Waals surface area contributed by atoms with Crippen LogP contribution in [-0.2, 0) is 0 Å². The summed E-state index contributed by atoms with van der Waals surface area (Å²) in [5.41, 5.74) is 0.0937. The minimum Gasteiger partial charge on any atom is -0.507 e. The molecule has 0 saturated carbocycles. The number of benzene rings is 1. The maximum atomic E-state index is 12.5. The summed E-state index contributed by atoms with van der Waals surface area (Å²) in [6.07, 6.45) is -4.11. The molecule has 2 unspecified atom stereocenters. The highest BCUT2D eigenvalue weighted by atomic mass is 79.9. The van der Waals surface area contributed by atoms with E-state index in [0.29, 0.717) is 4.47 Å². The molecule has 0 aliphatic carbocycles. The Hall–Kier alpha value is -1.28. The number of hydrogen-bond acceptors (Lipinski definition) is 3. The van der Waals surface area contributed by atoms with Gasteiger partial charge >= 0.3 is 6.18 Å². The molecule has 116 valence electrons. The van der Waals surface area contributed by atoms with Crippen LogP contribution < -0.4 is 10.6 Å². The zero-order valence-electron chi connectivity index (χ0n) is 10.9. The zero-order valence-corrected chi connectivity index (χ0v) is 12.5. The maximum absolute atomic E-state index is 12.5. The summed E-state index contributed by atoms with van der Waals surface area (Å²) < 4.78 is 38.1. The highest BCUT2D eigenvalue weighted by molar-refractivity contribution is 9.10. The third kappa shape index (κ3) is 4.10. The molecule has 1 aliphatic rings. The van der Waals surface area contributed by atoms with E-state index in [2.05, 4.69) is 26.6 Å². The van der Waals surface area contributed by atoms with Crippen molar-refractivity contribution in [2.24, 2.45) is 0 Å². The first-order chi connectivity index (χ1) is 9.77. The van der Waals surface area contributed by atoms with E-state index in [9.17, 15) is 23.1 Å². The normalized spacial score (nSPS) is 22.9. The maximum Gasteiger partial charge on any atom is 0.403 e. The van der Waals surface area contributed by atoms with Crippen molar-refractivity contribution >= 4 is 21.8 Å². The Morgan fingerprint density at radius 2 is 2.10 bits per heavy atom. The first-order valence-corrected chi connectivity index (χ1v) is 7.16. The molecule has 1 amide bonds. The molecule has 1 fully saturated rings. The van der Waals surface area contributed by atoms with E-state index in [4.69, 9.17) is 0 Å². The number of amides is 1. The fourth-order valence-electron chi connectivity index (χ4n) is 2.22. The van der Waals surface area contributed by atoms with Gasteiger partial charge in [-0.05, 0) is 31.0 Å². The third-order valence-corrected chi connectivity index (χ3v) is 3.84. The van der Waals surface area contributed by atoms with Gasteiger partial charge in [0.1, 0.15) is 11.8 Å². The van der Waals surface area contributed by atoms with Crippen LogP contribution in [0.5, 0.6) is 5.75 Å². The number of piperidine rings is 1. The summed E-state index contributed by atoms with van der Waals surface area (Å²) in [7, 11) is 0. The first-order valence-electron chi connectivity index (χ1n) is 6.37. The van der Waals surface area contributed by atoms with Crippen molar-refractivity contribution in [2.45, 2.75) is 31.1 Å². The van der Waals surface area contributed by atoms with Crippen LogP contribution in [0.25, 0.3) is 0 Å². The molecule has 0 aromatic heterocycles. The van der Waals surface area contributed by atoms with Gasteiger partial charge in [-0.15, -0.1) is 0 Å². The van der Waals surface area contributed by atoms with Crippen molar-refractivity contribution in [3.05, 3.63) is 28.2 Å². The van der Waals surface area contributed by atoms with E-state index >= 15 is 0 Å². The molecule has 2 rings (SSSR count). The Balaban J connectivity index is 1.93. The van der Waals surface area contributed by atoms with E-state index < -0.39 is 18.1 Å². The van der Waals surface area contributed by atoms with Crippen molar-refractivity contribution in [3.63, 3.8) is 0 Å². The van der Waals surface area contributed by atoms with E-state index in [-0.39, 0.29) is 36.7 Å². The van der Waals surface area contributed by atoms with Crippen LogP contribution in [0.1, 0.15) is 23.2 Å². The fraction of sp³-hybridized carbons (Fsp3) is 0.462. The number of aromatic hydroxyl groups is 1. The number of nitrogens with one attached hydrogen (secondary N) is 2. The Morgan fingerprint density at radius 1 is 1.38 bits per heavy atom. The molecule has 0 spiro atoms. The van der Waals surface area contributed by atoms with Crippen LogP contribution in [0.4, 0.5) is 13.2 Å². The number of phenolic OH excluding ortho intramolecular Hbond substituents is 1. The van der Waals surface area contributed by atoms with Gasteiger partial charge in [0, 0.05) is 17.1 Å². The second kappa shape index (κ2) is 6.23. The lowest BCUT2D eigenvalue weighted by molar-refractivity contribution is -0.160. The minimum atomic E-state index is -4.26. The molecule has 0 radical (unpaired) electrons. The van der Waals surface area contributed by atoms with Crippen molar-refractivity contribution in [1.29, 1.82) is 0 Å². The molecule has 1 heterocycles. The van der Waals surface area contributed by atoms with E-state index in [1.54, 1.807) is 6.07 Å². The smallest absolute Gasteiger partial charge is 0.403 e. The van der Waals surface area contributed by atoms with Crippen molar-refractivity contribution < 1.29 is 23.1 Å². The predicted molar refractivity (Wildman–Crippen MR) is 74.1 cm³/mol. The summed E-state index contributed by atoms with van der Waals surface area (Å²) in [5.74, 6) is -0.684. The Bertz CT molecular complexity index is 529. The number of hydrogen-bond donors (Lipinski definition) is 3. The minimum absolute atomic E-state index is 0.0488. The van der Waals surface area contributed by atoms with Crippen molar-refractivity contribution in [1.82, 2.24) is 10.6 Å². The van der Waals surface area contributed by atoms with Crippen LogP contribution in [0, 0.1) is 0 Å². The summed E-state index contributed by atoms with van der Waals surface area (Å²) >= 11 is 3.16. The van der Waals surface area contributed by atoms with Crippen molar-refractivity contribution in [3.8, 4) is 5.75 Å². The Kier molecular flexibility index (Phi) is 4.77.